The zero-order valence-corrected chi connectivity index (χ0v) is 7.96. The minimum absolute atomic E-state index is 0.489. The predicted molar refractivity (Wildman–Crippen MR) is 53.2 cm³/mol. The predicted octanol–water partition coefficient (Wildman–Crippen LogP) is 1.41. The Labute approximate surface area is 79.1 Å². The van der Waals surface area contributed by atoms with Crippen LogP contribution in [-0.2, 0) is 13.0 Å². The summed E-state index contributed by atoms with van der Waals surface area (Å²) in [5, 5.41) is 0. The molecule has 74 valence electrons. The minimum Gasteiger partial charge on any atom is -0.465 e. The van der Waals surface area contributed by atoms with E-state index in [-0.39, 0.29) is 0 Å². The average Bonchev–Trinajstić information content (AvgIpc) is 2.60. The summed E-state index contributed by atoms with van der Waals surface area (Å²) >= 11 is 0. The van der Waals surface area contributed by atoms with Gasteiger partial charge in [0, 0.05) is 6.42 Å². The lowest BCUT2D eigenvalue weighted by Crippen LogP contribution is -1.98. The van der Waals surface area contributed by atoms with E-state index in [1.165, 1.54) is 6.42 Å². The van der Waals surface area contributed by atoms with Gasteiger partial charge in [0.05, 0.1) is 6.54 Å². The molecule has 0 atom stereocenters. The summed E-state index contributed by atoms with van der Waals surface area (Å²) in [6.07, 6.45) is 4.42. The van der Waals surface area contributed by atoms with Crippen molar-refractivity contribution in [2.24, 2.45) is 11.5 Å². The largest absolute Gasteiger partial charge is 0.465 e. The molecule has 4 N–H and O–H groups in total. The summed E-state index contributed by atoms with van der Waals surface area (Å²) in [6.45, 7) is 1.27. The maximum atomic E-state index is 5.46. The Morgan fingerprint density at radius 1 is 1.00 bits per heavy atom. The van der Waals surface area contributed by atoms with E-state index >= 15 is 0 Å². The van der Waals surface area contributed by atoms with E-state index in [0.29, 0.717) is 6.54 Å². The third-order valence-electron chi connectivity index (χ3n) is 2.05. The molecule has 0 radical (unpaired) electrons. The molecular weight excluding hydrogens is 164 g/mol. The van der Waals surface area contributed by atoms with Crippen LogP contribution in [0.15, 0.2) is 16.5 Å². The molecule has 0 fully saturated rings. The molecule has 0 aliphatic rings. The molecule has 0 aromatic carbocycles. The molecule has 1 aromatic rings. The lowest BCUT2D eigenvalue weighted by molar-refractivity contribution is 0.458. The molecule has 0 spiro atoms. The minimum atomic E-state index is 0.489. The molecule has 13 heavy (non-hydrogen) atoms. The number of hydrogen-bond donors (Lipinski definition) is 2. The van der Waals surface area contributed by atoms with Gasteiger partial charge in [-0.2, -0.15) is 0 Å². The Kier molecular flexibility index (Phi) is 4.57. The van der Waals surface area contributed by atoms with E-state index in [1.807, 2.05) is 12.1 Å². The lowest BCUT2D eigenvalue weighted by Gasteiger charge is -1.96. The van der Waals surface area contributed by atoms with Crippen molar-refractivity contribution in [2.45, 2.75) is 32.2 Å². The van der Waals surface area contributed by atoms with Crippen LogP contribution in [0.5, 0.6) is 0 Å². The van der Waals surface area contributed by atoms with Crippen LogP contribution in [-0.4, -0.2) is 6.54 Å². The van der Waals surface area contributed by atoms with Crippen LogP contribution in [0.25, 0.3) is 0 Å². The molecule has 0 aliphatic carbocycles. The Hall–Kier alpha value is -0.800. The standard InChI is InChI=1S/C10H18N2O/c11-7-3-1-2-4-9-5-6-10(8-12)13-9/h5-6H,1-4,7-8,11-12H2. The fourth-order valence-corrected chi connectivity index (χ4v) is 1.29. The van der Waals surface area contributed by atoms with Crippen LogP contribution in [0.4, 0.5) is 0 Å². The molecule has 0 saturated heterocycles. The summed E-state index contributed by atoms with van der Waals surface area (Å²) in [6, 6.07) is 3.95. The van der Waals surface area contributed by atoms with E-state index in [4.69, 9.17) is 15.9 Å². The molecule has 1 rings (SSSR count). The fourth-order valence-electron chi connectivity index (χ4n) is 1.29. The van der Waals surface area contributed by atoms with Gasteiger partial charge in [0.2, 0.25) is 0 Å². The maximum absolute atomic E-state index is 5.46. The lowest BCUT2D eigenvalue weighted by atomic mass is 10.1. The number of hydrogen-bond acceptors (Lipinski definition) is 3. The highest BCUT2D eigenvalue weighted by Crippen LogP contribution is 2.10. The molecule has 0 aliphatic heterocycles. The molecule has 0 amide bonds. The van der Waals surface area contributed by atoms with Crippen molar-refractivity contribution < 1.29 is 4.42 Å². The second kappa shape index (κ2) is 5.78. The van der Waals surface area contributed by atoms with E-state index in [2.05, 4.69) is 0 Å². The Morgan fingerprint density at radius 3 is 2.38 bits per heavy atom. The Morgan fingerprint density at radius 2 is 1.77 bits per heavy atom. The van der Waals surface area contributed by atoms with E-state index in [9.17, 15) is 0 Å². The van der Waals surface area contributed by atoms with Crippen LogP contribution >= 0.6 is 0 Å². The van der Waals surface area contributed by atoms with Crippen molar-refractivity contribution in [1.82, 2.24) is 0 Å². The van der Waals surface area contributed by atoms with Crippen LogP contribution in [0, 0.1) is 0 Å². The number of aryl methyl sites for hydroxylation is 1. The average molecular weight is 182 g/mol. The van der Waals surface area contributed by atoms with Gasteiger partial charge in [-0.1, -0.05) is 6.42 Å². The zero-order valence-electron chi connectivity index (χ0n) is 7.96. The second-order valence-corrected chi connectivity index (χ2v) is 3.17. The summed E-state index contributed by atoms with van der Waals surface area (Å²) in [5.74, 6) is 1.91. The van der Waals surface area contributed by atoms with Gasteiger partial charge in [0.25, 0.3) is 0 Å². The van der Waals surface area contributed by atoms with Gasteiger partial charge in [-0.15, -0.1) is 0 Å². The van der Waals surface area contributed by atoms with Gasteiger partial charge in [-0.3, -0.25) is 0 Å². The van der Waals surface area contributed by atoms with Crippen LogP contribution in [0.2, 0.25) is 0 Å². The molecule has 0 saturated carbocycles. The number of furan rings is 1. The molecule has 0 unspecified atom stereocenters. The Balaban J connectivity index is 2.20. The highest BCUT2D eigenvalue weighted by molar-refractivity contribution is 5.06. The number of nitrogens with two attached hydrogens (primary N) is 2. The highest BCUT2D eigenvalue weighted by atomic mass is 16.3. The summed E-state index contributed by atoms with van der Waals surface area (Å²) < 4.78 is 5.46. The molecular formula is C10H18N2O. The van der Waals surface area contributed by atoms with Gasteiger partial charge < -0.3 is 15.9 Å². The normalized spacial score (nSPS) is 10.6. The first-order chi connectivity index (χ1) is 6.36. The quantitative estimate of drug-likeness (QED) is 0.654. The highest BCUT2D eigenvalue weighted by Gasteiger charge is 1.99. The summed E-state index contributed by atoms with van der Waals surface area (Å²) in [5.41, 5.74) is 10.8. The van der Waals surface area contributed by atoms with E-state index in [0.717, 1.165) is 37.3 Å². The van der Waals surface area contributed by atoms with Crippen molar-refractivity contribution in [3.8, 4) is 0 Å². The maximum Gasteiger partial charge on any atom is 0.117 e. The van der Waals surface area contributed by atoms with Gasteiger partial charge in [-0.05, 0) is 31.5 Å². The van der Waals surface area contributed by atoms with Gasteiger partial charge in [-0.25, -0.2) is 0 Å². The first kappa shape index (κ1) is 10.3. The first-order valence-corrected chi connectivity index (χ1v) is 4.84. The third-order valence-corrected chi connectivity index (χ3v) is 2.05. The fraction of sp³-hybridized carbons (Fsp3) is 0.600. The zero-order chi connectivity index (χ0) is 9.52. The molecule has 0 bridgehead atoms. The van der Waals surface area contributed by atoms with Crippen molar-refractivity contribution in [2.75, 3.05) is 6.54 Å². The molecule has 3 heteroatoms. The summed E-state index contributed by atoms with van der Waals surface area (Å²) in [4.78, 5) is 0. The molecule has 1 heterocycles. The van der Waals surface area contributed by atoms with Crippen molar-refractivity contribution >= 4 is 0 Å². The topological polar surface area (TPSA) is 65.2 Å². The third kappa shape index (κ3) is 3.61. The summed E-state index contributed by atoms with van der Waals surface area (Å²) in [7, 11) is 0. The van der Waals surface area contributed by atoms with Crippen LogP contribution in [0.3, 0.4) is 0 Å². The van der Waals surface area contributed by atoms with Gasteiger partial charge in [0.15, 0.2) is 0 Å². The monoisotopic (exact) mass is 182 g/mol. The molecule has 1 aromatic heterocycles. The first-order valence-electron chi connectivity index (χ1n) is 4.84. The van der Waals surface area contributed by atoms with E-state index < -0.39 is 0 Å². The van der Waals surface area contributed by atoms with E-state index in [1.54, 1.807) is 0 Å². The SMILES string of the molecule is NCCCCCc1ccc(CN)o1. The Bertz CT molecular complexity index is 233. The number of rotatable bonds is 6. The van der Waals surface area contributed by atoms with Gasteiger partial charge >= 0.3 is 0 Å². The van der Waals surface area contributed by atoms with Crippen molar-refractivity contribution in [1.29, 1.82) is 0 Å². The second-order valence-electron chi connectivity index (χ2n) is 3.17. The molecule has 3 nitrogen and oxygen atoms in total. The smallest absolute Gasteiger partial charge is 0.117 e. The van der Waals surface area contributed by atoms with Gasteiger partial charge in [0.1, 0.15) is 11.5 Å². The van der Waals surface area contributed by atoms with Crippen molar-refractivity contribution in [3.63, 3.8) is 0 Å². The van der Waals surface area contributed by atoms with Crippen LogP contribution in [0.1, 0.15) is 30.8 Å². The van der Waals surface area contributed by atoms with Crippen LogP contribution < -0.4 is 11.5 Å². The van der Waals surface area contributed by atoms with Crippen molar-refractivity contribution in [3.05, 3.63) is 23.7 Å². The number of unbranched alkanes of at least 4 members (excludes halogenated alkanes) is 2.